The van der Waals surface area contributed by atoms with Crippen molar-refractivity contribution in [2.45, 2.75) is 18.9 Å². The molecule has 6 heteroatoms. The van der Waals surface area contributed by atoms with E-state index in [0.29, 0.717) is 22.1 Å². The van der Waals surface area contributed by atoms with Gasteiger partial charge in [0.15, 0.2) is 0 Å². The number of benzene rings is 1. The molecule has 0 spiro atoms. The molecule has 1 heterocycles. The molecule has 1 saturated heterocycles. The molecular weight excluding hydrogens is 338 g/mol. The van der Waals surface area contributed by atoms with Gasteiger partial charge in [0.2, 0.25) is 11.8 Å². The maximum absolute atomic E-state index is 12.9. The maximum atomic E-state index is 12.9. The van der Waals surface area contributed by atoms with Crippen molar-refractivity contribution in [2.24, 2.45) is 0 Å². The first-order valence-electron chi connectivity index (χ1n) is 5.11. The molecule has 90 valence electrons. The second kappa shape index (κ2) is 4.99. The van der Waals surface area contributed by atoms with Gasteiger partial charge in [-0.2, -0.15) is 0 Å². The summed E-state index contributed by atoms with van der Waals surface area (Å²) in [6.07, 6.45) is 0.876. The molecule has 2 amide bonds. The highest BCUT2D eigenvalue weighted by atomic mass is 127. The Morgan fingerprint density at radius 3 is 2.88 bits per heavy atom. The first kappa shape index (κ1) is 12.3. The van der Waals surface area contributed by atoms with Gasteiger partial charge in [-0.3, -0.25) is 9.59 Å². The second-order valence-electron chi connectivity index (χ2n) is 3.77. The van der Waals surface area contributed by atoms with Gasteiger partial charge >= 0.3 is 0 Å². The van der Waals surface area contributed by atoms with Crippen LogP contribution in [-0.4, -0.2) is 17.9 Å². The molecule has 0 saturated carbocycles. The number of amides is 2. The molecule has 0 bridgehead atoms. The van der Waals surface area contributed by atoms with Crippen molar-refractivity contribution in [3.05, 3.63) is 27.6 Å². The predicted molar refractivity (Wildman–Crippen MR) is 68.9 cm³/mol. The Balaban J connectivity index is 2.05. The standard InChI is InChI=1S/C11H10FIN2O2/c12-6-1-2-8(7(13)5-6)15-11(17)9-3-4-10(16)14-9/h1-2,5,9H,3-4H2,(H,14,16)(H,15,17)/t9-/m0/s1. The van der Waals surface area contributed by atoms with Crippen LogP contribution in [0.3, 0.4) is 0 Å². The first-order chi connectivity index (χ1) is 8.06. The summed E-state index contributed by atoms with van der Waals surface area (Å²) in [7, 11) is 0. The summed E-state index contributed by atoms with van der Waals surface area (Å²) in [5, 5.41) is 5.25. The molecule has 4 nitrogen and oxygen atoms in total. The van der Waals surface area contributed by atoms with Crippen molar-refractivity contribution in [1.29, 1.82) is 0 Å². The molecule has 1 atom stereocenters. The van der Waals surface area contributed by atoms with Gasteiger partial charge in [-0.25, -0.2) is 4.39 Å². The summed E-state index contributed by atoms with van der Waals surface area (Å²) < 4.78 is 13.5. The first-order valence-corrected chi connectivity index (χ1v) is 6.19. The lowest BCUT2D eigenvalue weighted by atomic mass is 10.2. The largest absolute Gasteiger partial charge is 0.344 e. The minimum atomic E-state index is -0.483. The summed E-state index contributed by atoms with van der Waals surface area (Å²) in [5.41, 5.74) is 0.554. The molecule has 2 rings (SSSR count). The molecule has 1 aromatic rings. The van der Waals surface area contributed by atoms with Crippen LogP contribution in [0.2, 0.25) is 0 Å². The zero-order valence-electron chi connectivity index (χ0n) is 8.80. The molecule has 1 aliphatic rings. The lowest BCUT2D eigenvalue weighted by Gasteiger charge is -2.12. The zero-order chi connectivity index (χ0) is 12.4. The van der Waals surface area contributed by atoms with Crippen molar-refractivity contribution in [3.63, 3.8) is 0 Å². The third kappa shape index (κ3) is 2.93. The highest BCUT2D eigenvalue weighted by Gasteiger charge is 2.27. The van der Waals surface area contributed by atoms with Crippen LogP contribution in [0.25, 0.3) is 0 Å². The average molecular weight is 348 g/mol. The van der Waals surface area contributed by atoms with Gasteiger partial charge < -0.3 is 10.6 Å². The monoisotopic (exact) mass is 348 g/mol. The van der Waals surface area contributed by atoms with Crippen molar-refractivity contribution < 1.29 is 14.0 Å². The Labute approximate surface area is 111 Å². The van der Waals surface area contributed by atoms with Gasteiger partial charge in [0.05, 0.1) is 5.69 Å². The van der Waals surface area contributed by atoms with Crippen LogP contribution in [0.5, 0.6) is 0 Å². The maximum Gasteiger partial charge on any atom is 0.246 e. The Morgan fingerprint density at radius 2 is 2.29 bits per heavy atom. The van der Waals surface area contributed by atoms with Crippen LogP contribution < -0.4 is 10.6 Å². The van der Waals surface area contributed by atoms with E-state index in [2.05, 4.69) is 10.6 Å². The van der Waals surface area contributed by atoms with Gasteiger partial charge in [0.25, 0.3) is 0 Å². The smallest absolute Gasteiger partial charge is 0.246 e. The highest BCUT2D eigenvalue weighted by molar-refractivity contribution is 14.1. The van der Waals surface area contributed by atoms with E-state index in [9.17, 15) is 14.0 Å². The molecule has 0 aromatic heterocycles. The van der Waals surface area contributed by atoms with Gasteiger partial charge in [-0.15, -0.1) is 0 Å². The molecule has 1 aliphatic heterocycles. The van der Waals surface area contributed by atoms with Gasteiger partial charge in [0.1, 0.15) is 11.9 Å². The molecule has 0 unspecified atom stereocenters. The van der Waals surface area contributed by atoms with Gasteiger partial charge in [-0.05, 0) is 47.2 Å². The quantitative estimate of drug-likeness (QED) is 0.799. The summed E-state index contributed by atoms with van der Waals surface area (Å²) in [6, 6.07) is 3.64. The lowest BCUT2D eigenvalue weighted by Crippen LogP contribution is -2.37. The van der Waals surface area contributed by atoms with Crippen molar-refractivity contribution >= 4 is 40.1 Å². The predicted octanol–water partition coefficient (Wildman–Crippen LogP) is 1.65. The fourth-order valence-electron chi connectivity index (χ4n) is 1.62. The van der Waals surface area contributed by atoms with Crippen molar-refractivity contribution in [2.75, 3.05) is 5.32 Å². The summed E-state index contributed by atoms with van der Waals surface area (Å²) >= 11 is 1.94. The molecule has 0 aliphatic carbocycles. The topological polar surface area (TPSA) is 58.2 Å². The Morgan fingerprint density at radius 1 is 1.53 bits per heavy atom. The van der Waals surface area contributed by atoms with Crippen molar-refractivity contribution in [1.82, 2.24) is 5.32 Å². The number of anilines is 1. The Hall–Kier alpha value is -1.18. The molecule has 0 radical (unpaired) electrons. The SMILES string of the molecule is O=C1CC[C@@H](C(=O)Nc2ccc(F)cc2I)N1. The van der Waals surface area contributed by atoms with E-state index in [4.69, 9.17) is 0 Å². The van der Waals surface area contributed by atoms with Gasteiger partial charge in [-0.1, -0.05) is 0 Å². The van der Waals surface area contributed by atoms with Crippen LogP contribution >= 0.6 is 22.6 Å². The summed E-state index contributed by atoms with van der Waals surface area (Å²) in [5.74, 6) is -0.721. The molecule has 17 heavy (non-hydrogen) atoms. The van der Waals surface area contributed by atoms with E-state index in [-0.39, 0.29) is 17.6 Å². The third-order valence-corrected chi connectivity index (χ3v) is 3.39. The van der Waals surface area contributed by atoms with E-state index in [1.54, 1.807) is 0 Å². The summed E-state index contributed by atoms with van der Waals surface area (Å²) in [6.45, 7) is 0. The van der Waals surface area contributed by atoms with Crippen LogP contribution in [0.15, 0.2) is 18.2 Å². The number of hydrogen-bond acceptors (Lipinski definition) is 2. The second-order valence-corrected chi connectivity index (χ2v) is 4.93. The average Bonchev–Trinajstić information content (AvgIpc) is 2.69. The van der Waals surface area contributed by atoms with Crippen molar-refractivity contribution in [3.8, 4) is 0 Å². The molecule has 2 N–H and O–H groups in total. The zero-order valence-corrected chi connectivity index (χ0v) is 11.0. The van der Waals surface area contributed by atoms with Crippen LogP contribution in [-0.2, 0) is 9.59 Å². The number of carbonyl (C=O) groups is 2. The number of carbonyl (C=O) groups excluding carboxylic acids is 2. The summed E-state index contributed by atoms with van der Waals surface area (Å²) in [4.78, 5) is 22.8. The van der Waals surface area contributed by atoms with Crippen LogP contribution in [0, 0.1) is 9.39 Å². The van der Waals surface area contributed by atoms with E-state index >= 15 is 0 Å². The minimum Gasteiger partial charge on any atom is -0.344 e. The van der Waals surface area contributed by atoms with E-state index in [1.807, 2.05) is 22.6 Å². The molecular formula is C11H10FIN2O2. The highest BCUT2D eigenvalue weighted by Crippen LogP contribution is 2.20. The van der Waals surface area contributed by atoms with E-state index in [1.165, 1.54) is 18.2 Å². The number of nitrogens with one attached hydrogen (secondary N) is 2. The van der Waals surface area contributed by atoms with E-state index in [0.717, 1.165) is 0 Å². The number of hydrogen-bond donors (Lipinski definition) is 2. The fourth-order valence-corrected chi connectivity index (χ4v) is 2.23. The molecule has 1 aromatic carbocycles. The minimum absolute atomic E-state index is 0.112. The van der Waals surface area contributed by atoms with E-state index < -0.39 is 6.04 Å². The Bertz CT molecular complexity index is 479. The number of rotatable bonds is 2. The van der Waals surface area contributed by atoms with Gasteiger partial charge in [0, 0.05) is 9.99 Å². The fraction of sp³-hybridized carbons (Fsp3) is 0.273. The van der Waals surface area contributed by atoms with Crippen LogP contribution in [0.4, 0.5) is 10.1 Å². The molecule has 1 fully saturated rings. The third-order valence-electron chi connectivity index (χ3n) is 2.50. The Kier molecular flexibility index (Phi) is 3.60. The normalized spacial score (nSPS) is 18.9. The number of halogens is 2. The lowest BCUT2D eigenvalue weighted by molar-refractivity contribution is -0.122. The van der Waals surface area contributed by atoms with Crippen LogP contribution in [0.1, 0.15) is 12.8 Å².